The molecule has 0 fully saturated rings. The molecule has 6 heteroatoms. The zero-order valence-corrected chi connectivity index (χ0v) is 18.5. The standard InChI is InChI=1S/C11H6BrS.C5H5.2ClH.S.Zr/c12-10-6-8-5-7-3-1-2-4-9(7)11(8)13-10;1-2-4-5-3-1;;;;/h1-5,10H;1-3H,4H2;2*1H;;/q2*-1;;;;+2/p-2. The van der Waals surface area contributed by atoms with Gasteiger partial charge in [0.2, 0.25) is 0 Å². The fourth-order valence-electron chi connectivity index (χ4n) is 2.03. The van der Waals surface area contributed by atoms with Crippen LogP contribution in [0.3, 0.4) is 0 Å². The normalized spacial score (nSPS) is 18.2. The van der Waals surface area contributed by atoms with Crippen LogP contribution in [0, 0.1) is 12.2 Å². The van der Waals surface area contributed by atoms with Gasteiger partial charge in [-0.1, -0.05) is 55.5 Å². The van der Waals surface area contributed by atoms with Crippen molar-refractivity contribution in [3.05, 3.63) is 70.7 Å². The second kappa shape index (κ2) is 12.1. The Kier molecular flexibility index (Phi) is 12.5. The summed E-state index contributed by atoms with van der Waals surface area (Å²) in [4.78, 5) is 1.37. The van der Waals surface area contributed by atoms with E-state index in [9.17, 15) is 0 Å². The minimum absolute atomic E-state index is 0. The summed E-state index contributed by atoms with van der Waals surface area (Å²) in [6, 6.07) is 8.49. The van der Waals surface area contributed by atoms with Crippen LogP contribution in [-0.4, -0.2) is 4.16 Å². The van der Waals surface area contributed by atoms with Crippen LogP contribution in [0.5, 0.6) is 0 Å². The van der Waals surface area contributed by atoms with Crippen LogP contribution in [0.1, 0.15) is 6.42 Å². The van der Waals surface area contributed by atoms with Crippen LogP contribution in [0.15, 0.2) is 48.1 Å². The SMILES string of the molecule is BrC1[C-]=C2C=c3ccccc3=C2S1.[C-]1=CC=CC1.[Cl-].[Cl-].[S]=[Zr+2]. The van der Waals surface area contributed by atoms with Gasteiger partial charge in [-0.25, -0.2) is 12.2 Å². The fourth-order valence-corrected chi connectivity index (χ4v) is 3.78. The molecule has 0 aromatic heterocycles. The van der Waals surface area contributed by atoms with Crippen molar-refractivity contribution in [1.29, 1.82) is 0 Å². The predicted molar refractivity (Wildman–Crippen MR) is 89.8 cm³/mol. The van der Waals surface area contributed by atoms with E-state index in [2.05, 4.69) is 73.4 Å². The Hall–Kier alpha value is 0.693. The van der Waals surface area contributed by atoms with Crippen molar-refractivity contribution < 1.29 is 47.5 Å². The number of alkyl halides is 1. The number of hydrogen-bond donors (Lipinski definition) is 0. The number of hydrogen-bond acceptors (Lipinski definition) is 2. The first-order valence-corrected chi connectivity index (χ1v) is 11.2. The summed E-state index contributed by atoms with van der Waals surface area (Å²) in [5.41, 5.74) is 1.26. The van der Waals surface area contributed by atoms with Crippen LogP contribution in [-0.2, 0) is 22.7 Å². The molecule has 0 nitrogen and oxygen atoms in total. The molecule has 1 atom stereocenters. The van der Waals surface area contributed by atoms with Gasteiger partial charge in [0, 0.05) is 4.16 Å². The first-order chi connectivity index (χ1) is 9.84. The number of allylic oxidation sites excluding steroid dienone is 4. The summed E-state index contributed by atoms with van der Waals surface area (Å²) in [7, 11) is 4.17. The molecule has 2 aliphatic carbocycles. The molecule has 1 unspecified atom stereocenters. The van der Waals surface area contributed by atoms with E-state index in [1.807, 2.05) is 23.9 Å². The van der Waals surface area contributed by atoms with Crippen molar-refractivity contribution in [2.24, 2.45) is 0 Å². The molecule has 114 valence electrons. The first kappa shape index (κ1) is 22.7. The average molecular weight is 509 g/mol. The Morgan fingerprint density at radius 1 is 1.23 bits per heavy atom. The van der Waals surface area contributed by atoms with E-state index >= 15 is 0 Å². The molecule has 0 saturated carbocycles. The molecule has 0 bridgehead atoms. The van der Waals surface area contributed by atoms with Gasteiger partial charge in [0.05, 0.1) is 0 Å². The van der Waals surface area contributed by atoms with Gasteiger partial charge in [-0.2, -0.15) is 35.6 Å². The number of halogens is 3. The van der Waals surface area contributed by atoms with Crippen molar-refractivity contribution >= 4 is 47.5 Å². The third-order valence-electron chi connectivity index (χ3n) is 2.83. The van der Waals surface area contributed by atoms with Gasteiger partial charge in [0.15, 0.2) is 0 Å². The molecular formula is C16H11BrCl2S2Zr-2. The van der Waals surface area contributed by atoms with Crippen molar-refractivity contribution in [2.75, 3.05) is 0 Å². The van der Waals surface area contributed by atoms with Gasteiger partial charge in [0.25, 0.3) is 0 Å². The molecule has 0 N–H and O–H groups in total. The minimum atomic E-state index is 0. The van der Waals surface area contributed by atoms with E-state index in [4.69, 9.17) is 0 Å². The molecule has 1 aromatic rings. The monoisotopic (exact) mass is 506 g/mol. The van der Waals surface area contributed by atoms with Crippen molar-refractivity contribution in [3.8, 4) is 0 Å². The summed E-state index contributed by atoms with van der Waals surface area (Å²) in [5, 5.41) is 2.68. The topological polar surface area (TPSA) is 0 Å². The van der Waals surface area contributed by atoms with E-state index in [0.717, 1.165) is 29.1 Å². The Bertz CT molecular complexity index is 688. The van der Waals surface area contributed by atoms with E-state index in [1.165, 1.54) is 20.9 Å². The number of benzene rings is 1. The van der Waals surface area contributed by atoms with E-state index in [0.29, 0.717) is 4.16 Å². The second-order valence-electron chi connectivity index (χ2n) is 4.06. The zero-order chi connectivity index (χ0) is 14.4. The molecular weight excluding hydrogens is 498 g/mol. The molecule has 0 spiro atoms. The summed E-state index contributed by atoms with van der Waals surface area (Å²) in [5.74, 6) is 0. The Morgan fingerprint density at radius 3 is 2.55 bits per heavy atom. The average Bonchev–Trinajstić information content (AvgIpc) is 3.18. The van der Waals surface area contributed by atoms with Crippen LogP contribution in [0.2, 0.25) is 0 Å². The summed E-state index contributed by atoms with van der Waals surface area (Å²) in [6.07, 6.45) is 15.6. The van der Waals surface area contributed by atoms with Gasteiger partial charge >= 0.3 is 31.5 Å². The van der Waals surface area contributed by atoms with E-state index < -0.39 is 0 Å². The van der Waals surface area contributed by atoms with Crippen LogP contribution >= 0.6 is 36.5 Å². The van der Waals surface area contributed by atoms with Gasteiger partial charge in [-0.05, 0) is 0 Å². The van der Waals surface area contributed by atoms with Crippen LogP contribution in [0.4, 0.5) is 0 Å². The predicted octanol–water partition coefficient (Wildman–Crippen LogP) is -2.25. The van der Waals surface area contributed by atoms with Crippen molar-refractivity contribution in [2.45, 2.75) is 10.6 Å². The molecule has 0 saturated heterocycles. The van der Waals surface area contributed by atoms with Crippen molar-refractivity contribution in [3.63, 3.8) is 0 Å². The first-order valence-electron chi connectivity index (χ1n) is 6.02. The Balaban J connectivity index is 0.000000422. The van der Waals surface area contributed by atoms with Gasteiger partial charge < -0.3 is 24.8 Å². The Labute approximate surface area is 174 Å². The Morgan fingerprint density at radius 2 is 1.95 bits per heavy atom. The molecule has 22 heavy (non-hydrogen) atoms. The maximum atomic E-state index is 4.17. The van der Waals surface area contributed by atoms with E-state index in [-0.39, 0.29) is 24.8 Å². The molecule has 4 rings (SSSR count). The number of thioether (sulfide) groups is 1. The van der Waals surface area contributed by atoms with Gasteiger partial charge in [0.1, 0.15) is 0 Å². The maximum absolute atomic E-state index is 4.17. The van der Waals surface area contributed by atoms with Crippen LogP contribution < -0.4 is 35.3 Å². The molecule has 0 radical (unpaired) electrons. The van der Waals surface area contributed by atoms with E-state index in [1.54, 1.807) is 0 Å². The molecule has 1 heterocycles. The van der Waals surface area contributed by atoms with Gasteiger partial charge in [-0.15, -0.1) is 6.42 Å². The molecule has 1 aliphatic heterocycles. The summed E-state index contributed by atoms with van der Waals surface area (Å²) in [6.45, 7) is 0. The molecule has 1 aromatic carbocycles. The third kappa shape index (κ3) is 5.96. The van der Waals surface area contributed by atoms with Crippen molar-refractivity contribution in [1.82, 2.24) is 0 Å². The number of rotatable bonds is 0. The fraction of sp³-hybridized carbons (Fsp3) is 0.125. The van der Waals surface area contributed by atoms with Gasteiger partial charge in [-0.3, -0.25) is 6.08 Å². The second-order valence-corrected chi connectivity index (χ2v) is 6.69. The zero-order valence-electron chi connectivity index (χ0n) is 11.4. The molecule has 0 amide bonds. The number of fused-ring (bicyclic) bond motifs is 2. The summed E-state index contributed by atoms with van der Waals surface area (Å²) >= 11 is 6.50. The quantitative estimate of drug-likeness (QED) is 0.287. The summed E-state index contributed by atoms with van der Waals surface area (Å²) < 4.78 is 0.335. The third-order valence-corrected chi connectivity index (χ3v) is 4.62. The van der Waals surface area contributed by atoms with Crippen LogP contribution in [0.25, 0.3) is 11.0 Å². The molecule has 3 aliphatic rings.